The van der Waals surface area contributed by atoms with Gasteiger partial charge in [-0.1, -0.05) is 13.0 Å². The highest BCUT2D eigenvalue weighted by Gasteiger charge is 2.17. The zero-order valence-corrected chi connectivity index (χ0v) is 13.1. The number of hydrogen-bond donors (Lipinski definition) is 1. The Morgan fingerprint density at radius 2 is 2.00 bits per heavy atom. The Balaban J connectivity index is 2.30. The summed E-state index contributed by atoms with van der Waals surface area (Å²) < 4.78 is 1.96. The minimum absolute atomic E-state index is 0.286. The van der Waals surface area contributed by atoms with E-state index in [4.69, 9.17) is 0 Å². The van der Waals surface area contributed by atoms with E-state index in [1.54, 1.807) is 0 Å². The molecule has 4 heteroatoms. The lowest BCUT2D eigenvalue weighted by atomic mass is 9.98. The first-order chi connectivity index (χ1) is 9.52. The van der Waals surface area contributed by atoms with E-state index < -0.39 is 0 Å². The maximum Gasteiger partial charge on any atom is 0.0629 e. The molecule has 0 spiro atoms. The second-order valence-electron chi connectivity index (χ2n) is 5.38. The van der Waals surface area contributed by atoms with E-state index in [2.05, 4.69) is 49.2 Å². The van der Waals surface area contributed by atoms with Crippen LogP contribution < -0.4 is 5.32 Å². The fourth-order valence-electron chi connectivity index (χ4n) is 2.64. The Hall–Kier alpha value is -1.68. The zero-order chi connectivity index (χ0) is 14.7. The molecule has 0 aliphatic rings. The van der Waals surface area contributed by atoms with Gasteiger partial charge in [-0.05, 0) is 50.4 Å². The van der Waals surface area contributed by atoms with Gasteiger partial charge in [0.05, 0.1) is 5.69 Å². The third kappa shape index (κ3) is 3.07. The van der Waals surface area contributed by atoms with E-state index >= 15 is 0 Å². The maximum absolute atomic E-state index is 4.51. The number of aromatic nitrogens is 3. The number of rotatable bonds is 5. The van der Waals surface area contributed by atoms with E-state index in [1.807, 2.05) is 24.1 Å². The Kier molecular flexibility index (Phi) is 4.55. The van der Waals surface area contributed by atoms with Crippen LogP contribution in [0.3, 0.4) is 0 Å². The van der Waals surface area contributed by atoms with Gasteiger partial charge in [0.25, 0.3) is 0 Å². The van der Waals surface area contributed by atoms with Crippen molar-refractivity contribution in [1.29, 1.82) is 0 Å². The smallest absolute Gasteiger partial charge is 0.0629 e. The molecule has 108 valence electrons. The molecule has 1 atom stereocenters. The number of likely N-dealkylation sites (N-methyl/N-ethyl adjacent to an activating group) is 1. The first-order valence-corrected chi connectivity index (χ1v) is 7.17. The van der Waals surface area contributed by atoms with Crippen molar-refractivity contribution in [2.45, 2.75) is 40.2 Å². The van der Waals surface area contributed by atoms with Crippen LogP contribution >= 0.6 is 0 Å². The van der Waals surface area contributed by atoms with Crippen molar-refractivity contribution in [3.05, 3.63) is 46.5 Å². The molecule has 0 radical (unpaired) electrons. The van der Waals surface area contributed by atoms with Crippen molar-refractivity contribution >= 4 is 0 Å². The molecule has 1 unspecified atom stereocenters. The number of hydrogen-bond acceptors (Lipinski definition) is 3. The van der Waals surface area contributed by atoms with Gasteiger partial charge in [0.2, 0.25) is 0 Å². The number of nitrogens with one attached hydrogen (secondary N) is 1. The van der Waals surface area contributed by atoms with Gasteiger partial charge in [0, 0.05) is 31.2 Å². The molecule has 0 aliphatic carbocycles. The summed E-state index contributed by atoms with van der Waals surface area (Å²) in [6.45, 7) is 9.38. The van der Waals surface area contributed by atoms with E-state index in [0.29, 0.717) is 0 Å². The van der Waals surface area contributed by atoms with Crippen LogP contribution in [0.1, 0.15) is 41.0 Å². The third-order valence-corrected chi connectivity index (χ3v) is 3.82. The SMILES string of the molecule is CCNC(Cc1c(C)nn(C)c1C)c1cncc(C)c1. The Morgan fingerprint density at radius 3 is 2.55 bits per heavy atom. The van der Waals surface area contributed by atoms with Crippen LogP contribution in [0, 0.1) is 20.8 Å². The molecule has 1 N–H and O–H groups in total. The molecule has 0 amide bonds. The normalized spacial score (nSPS) is 12.7. The average molecular weight is 272 g/mol. The summed E-state index contributed by atoms with van der Waals surface area (Å²) >= 11 is 0. The Bertz CT molecular complexity index is 586. The highest BCUT2D eigenvalue weighted by molar-refractivity contribution is 5.29. The molecule has 2 aromatic heterocycles. The number of pyridine rings is 1. The van der Waals surface area contributed by atoms with Crippen LogP contribution in [0.25, 0.3) is 0 Å². The summed E-state index contributed by atoms with van der Waals surface area (Å²) in [5.74, 6) is 0. The van der Waals surface area contributed by atoms with Gasteiger partial charge in [0.1, 0.15) is 0 Å². The summed E-state index contributed by atoms with van der Waals surface area (Å²) in [6, 6.07) is 2.50. The van der Waals surface area contributed by atoms with Crippen molar-refractivity contribution < 1.29 is 0 Å². The first-order valence-electron chi connectivity index (χ1n) is 7.17. The third-order valence-electron chi connectivity index (χ3n) is 3.82. The second-order valence-corrected chi connectivity index (χ2v) is 5.38. The summed E-state index contributed by atoms with van der Waals surface area (Å²) in [6.07, 6.45) is 4.80. The number of aryl methyl sites for hydroxylation is 3. The Morgan fingerprint density at radius 1 is 1.25 bits per heavy atom. The molecule has 2 aromatic rings. The minimum Gasteiger partial charge on any atom is -0.310 e. The largest absolute Gasteiger partial charge is 0.310 e. The van der Waals surface area contributed by atoms with Crippen LogP contribution in [0.5, 0.6) is 0 Å². The molecule has 0 bridgehead atoms. The number of nitrogens with zero attached hydrogens (tertiary/aromatic N) is 3. The Labute approximate surface area is 121 Å². The molecule has 2 heterocycles. The first kappa shape index (κ1) is 14.7. The lowest BCUT2D eigenvalue weighted by Crippen LogP contribution is -2.23. The van der Waals surface area contributed by atoms with Gasteiger partial charge in [0.15, 0.2) is 0 Å². The van der Waals surface area contributed by atoms with Gasteiger partial charge in [-0.25, -0.2) is 0 Å². The van der Waals surface area contributed by atoms with Gasteiger partial charge in [-0.3, -0.25) is 9.67 Å². The molecule has 0 aromatic carbocycles. The van der Waals surface area contributed by atoms with E-state index in [0.717, 1.165) is 18.7 Å². The minimum atomic E-state index is 0.286. The van der Waals surface area contributed by atoms with Crippen molar-refractivity contribution in [2.24, 2.45) is 7.05 Å². The molecule has 4 nitrogen and oxygen atoms in total. The molecule has 20 heavy (non-hydrogen) atoms. The van der Waals surface area contributed by atoms with Gasteiger partial charge < -0.3 is 5.32 Å². The van der Waals surface area contributed by atoms with Gasteiger partial charge in [-0.15, -0.1) is 0 Å². The van der Waals surface area contributed by atoms with Crippen molar-refractivity contribution in [3.63, 3.8) is 0 Å². The molecule has 0 fully saturated rings. The van der Waals surface area contributed by atoms with E-state index in [-0.39, 0.29) is 6.04 Å². The van der Waals surface area contributed by atoms with Crippen LogP contribution in [-0.2, 0) is 13.5 Å². The molecular weight excluding hydrogens is 248 g/mol. The highest BCUT2D eigenvalue weighted by Crippen LogP contribution is 2.22. The maximum atomic E-state index is 4.51. The molecular formula is C16H24N4. The van der Waals surface area contributed by atoms with E-state index in [1.165, 1.54) is 22.4 Å². The van der Waals surface area contributed by atoms with Crippen LogP contribution in [0.15, 0.2) is 18.5 Å². The molecule has 0 saturated heterocycles. The summed E-state index contributed by atoms with van der Waals surface area (Å²) in [4.78, 5) is 4.32. The summed E-state index contributed by atoms with van der Waals surface area (Å²) in [5.41, 5.74) is 6.14. The highest BCUT2D eigenvalue weighted by atomic mass is 15.3. The fourth-order valence-corrected chi connectivity index (χ4v) is 2.64. The quantitative estimate of drug-likeness (QED) is 0.910. The molecule has 0 aliphatic heterocycles. The zero-order valence-electron chi connectivity index (χ0n) is 13.1. The predicted octanol–water partition coefficient (Wildman–Crippen LogP) is 2.63. The van der Waals surface area contributed by atoms with Crippen LogP contribution in [-0.4, -0.2) is 21.3 Å². The van der Waals surface area contributed by atoms with Crippen molar-refractivity contribution in [1.82, 2.24) is 20.1 Å². The van der Waals surface area contributed by atoms with Crippen molar-refractivity contribution in [3.8, 4) is 0 Å². The van der Waals surface area contributed by atoms with Gasteiger partial charge in [-0.2, -0.15) is 5.10 Å². The second kappa shape index (κ2) is 6.18. The lowest BCUT2D eigenvalue weighted by Gasteiger charge is -2.19. The standard InChI is InChI=1S/C16H24N4/c1-6-18-16(14-7-11(2)9-17-10-14)8-15-12(3)19-20(5)13(15)4/h7,9-10,16,18H,6,8H2,1-5H3. The van der Waals surface area contributed by atoms with Gasteiger partial charge >= 0.3 is 0 Å². The monoisotopic (exact) mass is 272 g/mol. The summed E-state index contributed by atoms with van der Waals surface area (Å²) in [7, 11) is 2.00. The lowest BCUT2D eigenvalue weighted by molar-refractivity contribution is 0.545. The van der Waals surface area contributed by atoms with Crippen LogP contribution in [0.2, 0.25) is 0 Å². The average Bonchev–Trinajstić information content (AvgIpc) is 2.64. The molecule has 0 saturated carbocycles. The van der Waals surface area contributed by atoms with E-state index in [9.17, 15) is 0 Å². The predicted molar refractivity (Wildman–Crippen MR) is 81.8 cm³/mol. The molecule has 2 rings (SSSR count). The topological polar surface area (TPSA) is 42.7 Å². The van der Waals surface area contributed by atoms with Crippen molar-refractivity contribution in [2.75, 3.05) is 6.54 Å². The summed E-state index contributed by atoms with van der Waals surface area (Å²) in [5, 5.41) is 8.07. The van der Waals surface area contributed by atoms with Crippen LogP contribution in [0.4, 0.5) is 0 Å². The fraction of sp³-hybridized carbons (Fsp3) is 0.500.